The smallest absolute Gasteiger partial charge is 0.0107 e. The SMILES string of the molecule is CN1CC1.CN1CCC1.CN1CCCC1.CN1CCCCC1.CN1CCCCCC1. The number of piperidine rings is 1. The van der Waals surface area contributed by atoms with Crippen molar-refractivity contribution in [2.45, 2.75) is 64.2 Å². The molecule has 0 amide bonds. The molecular formula is C25H55N5. The first-order valence-electron chi connectivity index (χ1n) is 12.9. The van der Waals surface area contributed by atoms with Gasteiger partial charge in [-0.3, -0.25) is 0 Å². The molecule has 5 aliphatic heterocycles. The van der Waals surface area contributed by atoms with Crippen molar-refractivity contribution in [2.75, 3.05) is 101 Å². The second-order valence-electron chi connectivity index (χ2n) is 10.1. The van der Waals surface area contributed by atoms with Gasteiger partial charge in [-0.1, -0.05) is 19.3 Å². The third-order valence-corrected chi connectivity index (χ3v) is 6.49. The molecule has 180 valence electrons. The standard InChI is InChI=1S/C7H15N.C6H13N.C5H11N.C4H9N.C3H7N/c1-8-6-4-2-3-5-7-8;1-7-5-3-2-4-6-7;1-6-4-2-3-5-6;1-5-3-2-4-5;1-4-2-3-4/h2-7H2,1H3;2-6H2,1H3;2-5H2,1H3;2-4H2,1H3;2-3H2,1H3. The summed E-state index contributed by atoms with van der Waals surface area (Å²) in [6, 6.07) is 0. The molecule has 5 heteroatoms. The van der Waals surface area contributed by atoms with E-state index in [4.69, 9.17) is 0 Å². The van der Waals surface area contributed by atoms with Crippen molar-refractivity contribution in [1.29, 1.82) is 0 Å². The molecular weight excluding hydrogens is 370 g/mol. The van der Waals surface area contributed by atoms with Gasteiger partial charge in [0.2, 0.25) is 0 Å². The molecule has 5 nitrogen and oxygen atoms in total. The summed E-state index contributed by atoms with van der Waals surface area (Å²) >= 11 is 0. The summed E-state index contributed by atoms with van der Waals surface area (Å²) in [5, 5.41) is 0. The van der Waals surface area contributed by atoms with Crippen LogP contribution in [-0.4, -0.2) is 125 Å². The largest absolute Gasteiger partial charge is 0.306 e. The Morgan fingerprint density at radius 1 is 0.233 bits per heavy atom. The van der Waals surface area contributed by atoms with Crippen LogP contribution in [0, 0.1) is 0 Å². The van der Waals surface area contributed by atoms with Crippen molar-refractivity contribution in [3.63, 3.8) is 0 Å². The molecule has 5 saturated heterocycles. The van der Waals surface area contributed by atoms with Crippen LogP contribution in [0.2, 0.25) is 0 Å². The Balaban J connectivity index is 0.000000191. The fraction of sp³-hybridized carbons (Fsp3) is 1.00. The van der Waals surface area contributed by atoms with E-state index < -0.39 is 0 Å². The van der Waals surface area contributed by atoms with Gasteiger partial charge in [-0.15, -0.1) is 0 Å². The van der Waals surface area contributed by atoms with Crippen LogP contribution in [-0.2, 0) is 0 Å². The maximum Gasteiger partial charge on any atom is 0.0107 e. The van der Waals surface area contributed by atoms with Gasteiger partial charge < -0.3 is 24.5 Å². The van der Waals surface area contributed by atoms with Gasteiger partial charge in [0.05, 0.1) is 0 Å². The molecule has 0 aliphatic carbocycles. The van der Waals surface area contributed by atoms with Crippen molar-refractivity contribution < 1.29 is 0 Å². The van der Waals surface area contributed by atoms with Gasteiger partial charge in [-0.25, -0.2) is 0 Å². The molecule has 0 N–H and O–H groups in total. The fourth-order valence-electron chi connectivity index (χ4n) is 3.73. The predicted octanol–water partition coefficient (Wildman–Crippen LogP) is 3.56. The topological polar surface area (TPSA) is 16.0 Å². The van der Waals surface area contributed by atoms with Crippen LogP contribution in [0.1, 0.15) is 64.2 Å². The average Bonchev–Trinajstić information content (AvgIpc) is 3.42. The van der Waals surface area contributed by atoms with E-state index in [1.165, 1.54) is 130 Å². The molecule has 0 aromatic rings. The van der Waals surface area contributed by atoms with Crippen LogP contribution in [0.15, 0.2) is 0 Å². The van der Waals surface area contributed by atoms with Gasteiger partial charge in [0.25, 0.3) is 0 Å². The van der Waals surface area contributed by atoms with Gasteiger partial charge in [0.1, 0.15) is 0 Å². The number of hydrogen-bond donors (Lipinski definition) is 0. The molecule has 0 bridgehead atoms. The first kappa shape index (κ1) is 27.8. The number of likely N-dealkylation sites (tertiary alicyclic amines) is 4. The first-order chi connectivity index (χ1) is 14.5. The van der Waals surface area contributed by atoms with E-state index in [0.717, 1.165) is 0 Å². The van der Waals surface area contributed by atoms with Crippen LogP contribution < -0.4 is 0 Å². The van der Waals surface area contributed by atoms with Crippen molar-refractivity contribution in [2.24, 2.45) is 0 Å². The summed E-state index contributed by atoms with van der Waals surface area (Å²) in [6.45, 7) is 13.2. The molecule has 30 heavy (non-hydrogen) atoms. The third-order valence-electron chi connectivity index (χ3n) is 6.49. The quantitative estimate of drug-likeness (QED) is 0.550. The normalized spacial score (nSPS) is 25.5. The Hall–Kier alpha value is -0.200. The molecule has 5 heterocycles. The first-order valence-corrected chi connectivity index (χ1v) is 12.9. The monoisotopic (exact) mass is 425 g/mol. The van der Waals surface area contributed by atoms with Gasteiger partial charge >= 0.3 is 0 Å². The number of hydrogen-bond acceptors (Lipinski definition) is 5. The lowest BCUT2D eigenvalue weighted by Crippen LogP contribution is -2.32. The Morgan fingerprint density at radius 2 is 0.400 bits per heavy atom. The van der Waals surface area contributed by atoms with Gasteiger partial charge in [0.15, 0.2) is 0 Å². The molecule has 0 unspecified atom stereocenters. The zero-order valence-electron chi connectivity index (χ0n) is 21.4. The third kappa shape index (κ3) is 18.6. The molecule has 0 saturated carbocycles. The van der Waals surface area contributed by atoms with E-state index >= 15 is 0 Å². The Bertz CT molecular complexity index is 351. The Morgan fingerprint density at radius 3 is 0.567 bits per heavy atom. The molecule has 0 aromatic heterocycles. The fourth-order valence-corrected chi connectivity index (χ4v) is 3.73. The van der Waals surface area contributed by atoms with Crippen LogP contribution in [0.5, 0.6) is 0 Å². The molecule has 5 rings (SSSR count). The summed E-state index contributed by atoms with van der Waals surface area (Å²) in [4.78, 5) is 11.7. The maximum atomic E-state index is 2.42. The zero-order valence-corrected chi connectivity index (χ0v) is 21.4. The highest BCUT2D eigenvalue weighted by Crippen LogP contribution is 2.07. The molecule has 5 fully saturated rings. The highest BCUT2D eigenvalue weighted by atomic mass is 15.2. The second-order valence-corrected chi connectivity index (χ2v) is 10.1. The minimum Gasteiger partial charge on any atom is -0.306 e. The minimum absolute atomic E-state index is 1.32. The van der Waals surface area contributed by atoms with Crippen LogP contribution in [0.4, 0.5) is 0 Å². The minimum atomic E-state index is 1.32. The summed E-state index contributed by atoms with van der Waals surface area (Å²) in [6.07, 6.45) is 14.2. The zero-order chi connectivity index (χ0) is 22.0. The van der Waals surface area contributed by atoms with Gasteiger partial charge in [0, 0.05) is 13.1 Å². The van der Waals surface area contributed by atoms with E-state index in [2.05, 4.69) is 59.7 Å². The predicted molar refractivity (Wildman–Crippen MR) is 134 cm³/mol. The molecule has 0 spiro atoms. The number of likely N-dealkylation sites (N-methyl/N-ethyl adjacent to an activating group) is 1. The lowest BCUT2D eigenvalue weighted by molar-refractivity contribution is 0.229. The van der Waals surface area contributed by atoms with Crippen molar-refractivity contribution in [3.05, 3.63) is 0 Å². The van der Waals surface area contributed by atoms with E-state index in [0.29, 0.717) is 0 Å². The van der Waals surface area contributed by atoms with Crippen molar-refractivity contribution in [3.8, 4) is 0 Å². The van der Waals surface area contributed by atoms with Crippen molar-refractivity contribution in [1.82, 2.24) is 24.5 Å². The van der Waals surface area contributed by atoms with Gasteiger partial charge in [-0.2, -0.15) is 0 Å². The van der Waals surface area contributed by atoms with Crippen LogP contribution >= 0.6 is 0 Å². The number of nitrogens with zero attached hydrogens (tertiary/aromatic N) is 5. The highest BCUT2D eigenvalue weighted by molar-refractivity contribution is 4.64. The molecule has 0 aromatic carbocycles. The van der Waals surface area contributed by atoms with Gasteiger partial charge in [-0.05, 0) is 133 Å². The molecule has 0 atom stereocenters. The molecule has 5 aliphatic rings. The molecule has 0 radical (unpaired) electrons. The lowest BCUT2D eigenvalue weighted by atomic mass is 10.1. The average molecular weight is 426 g/mol. The summed E-state index contributed by atoms with van der Waals surface area (Å²) in [5.41, 5.74) is 0. The van der Waals surface area contributed by atoms with Crippen LogP contribution in [0.25, 0.3) is 0 Å². The summed E-state index contributed by atoms with van der Waals surface area (Å²) in [7, 11) is 10.8. The number of rotatable bonds is 0. The van der Waals surface area contributed by atoms with E-state index in [1.807, 2.05) is 0 Å². The Labute approximate surface area is 189 Å². The summed E-state index contributed by atoms with van der Waals surface area (Å²) < 4.78 is 0. The van der Waals surface area contributed by atoms with E-state index in [9.17, 15) is 0 Å². The van der Waals surface area contributed by atoms with Crippen molar-refractivity contribution >= 4 is 0 Å². The highest BCUT2D eigenvalue weighted by Gasteiger charge is 2.07. The van der Waals surface area contributed by atoms with E-state index in [1.54, 1.807) is 0 Å². The summed E-state index contributed by atoms with van der Waals surface area (Å²) in [5.74, 6) is 0. The van der Waals surface area contributed by atoms with E-state index in [-0.39, 0.29) is 0 Å². The second kappa shape index (κ2) is 18.4. The Kier molecular flexibility index (Phi) is 17.1. The maximum absolute atomic E-state index is 2.42. The van der Waals surface area contributed by atoms with Crippen LogP contribution in [0.3, 0.4) is 0 Å². The lowest BCUT2D eigenvalue weighted by Gasteiger charge is -2.24.